The summed E-state index contributed by atoms with van der Waals surface area (Å²) in [6.45, 7) is 1.97. The molecule has 3 rings (SSSR count). The summed E-state index contributed by atoms with van der Waals surface area (Å²) in [4.78, 5) is 12.5. The van der Waals surface area contributed by atoms with Crippen LogP contribution in [0.1, 0.15) is 17.0 Å². The molecule has 0 aliphatic rings. The number of nitrogens with zero attached hydrogens (tertiary/aromatic N) is 5. The van der Waals surface area contributed by atoms with Gasteiger partial charge in [0.15, 0.2) is 5.78 Å². The number of aryl methyl sites for hydroxylation is 1. The summed E-state index contributed by atoms with van der Waals surface area (Å²) < 4.78 is 1.61. The summed E-state index contributed by atoms with van der Waals surface area (Å²) in [5, 5.41) is 21.6. The summed E-state index contributed by atoms with van der Waals surface area (Å²) in [6.07, 6.45) is 0. The lowest BCUT2D eigenvalue weighted by Crippen LogP contribution is -2.14. The van der Waals surface area contributed by atoms with Gasteiger partial charge in [-0.05, 0) is 34.5 Å². The molecule has 1 heterocycles. The molecular formula is C18H15N5OS. The highest BCUT2D eigenvalue weighted by molar-refractivity contribution is 7.99. The fourth-order valence-corrected chi connectivity index (χ4v) is 3.21. The Kier molecular flexibility index (Phi) is 5.21. The fraction of sp³-hybridized carbons (Fsp3) is 0.167. The molecule has 0 bridgehead atoms. The fourth-order valence-electron chi connectivity index (χ4n) is 2.42. The summed E-state index contributed by atoms with van der Waals surface area (Å²) in [5.74, 6) is -0.825. The van der Waals surface area contributed by atoms with E-state index in [9.17, 15) is 10.1 Å². The van der Waals surface area contributed by atoms with Gasteiger partial charge in [-0.2, -0.15) is 9.94 Å². The summed E-state index contributed by atoms with van der Waals surface area (Å²) in [6, 6.07) is 18.9. The molecule has 3 aromatic rings. The van der Waals surface area contributed by atoms with Crippen LogP contribution >= 0.6 is 11.8 Å². The Labute approximate surface area is 149 Å². The highest BCUT2D eigenvalue weighted by Gasteiger charge is 2.21. The number of aromatic nitrogens is 4. The van der Waals surface area contributed by atoms with Crippen LogP contribution in [0.25, 0.3) is 5.69 Å². The number of hydrogen-bond donors (Lipinski definition) is 0. The van der Waals surface area contributed by atoms with Gasteiger partial charge in [0.05, 0.1) is 17.5 Å². The number of benzene rings is 2. The minimum Gasteiger partial charge on any atom is -0.297 e. The number of rotatable bonds is 6. The number of hydrogen-bond acceptors (Lipinski definition) is 6. The monoisotopic (exact) mass is 349 g/mol. The van der Waals surface area contributed by atoms with E-state index < -0.39 is 5.92 Å². The average Bonchev–Trinajstić information content (AvgIpc) is 3.10. The van der Waals surface area contributed by atoms with Gasteiger partial charge < -0.3 is 0 Å². The van der Waals surface area contributed by atoms with Crippen molar-refractivity contribution in [1.82, 2.24) is 20.2 Å². The van der Waals surface area contributed by atoms with Crippen molar-refractivity contribution in [2.75, 3.05) is 5.75 Å². The summed E-state index contributed by atoms with van der Waals surface area (Å²) in [7, 11) is 0. The molecule has 0 unspecified atom stereocenters. The lowest BCUT2D eigenvalue weighted by atomic mass is 9.97. The van der Waals surface area contributed by atoms with E-state index in [1.807, 2.05) is 49.4 Å². The molecule has 25 heavy (non-hydrogen) atoms. The van der Waals surface area contributed by atoms with E-state index in [4.69, 9.17) is 0 Å². The van der Waals surface area contributed by atoms with Gasteiger partial charge in [-0.15, -0.1) is 5.10 Å². The van der Waals surface area contributed by atoms with Crippen molar-refractivity contribution < 1.29 is 4.79 Å². The van der Waals surface area contributed by atoms with Crippen LogP contribution < -0.4 is 0 Å². The standard InChI is InChI=1S/C18H15N5OS/c1-13-7-5-6-10-16(13)23-18(20-21-22-23)25-12-17(24)15(11-19)14-8-3-2-4-9-14/h2-10,15H,12H2,1H3/t15-/m1/s1. The smallest absolute Gasteiger partial charge is 0.214 e. The lowest BCUT2D eigenvalue weighted by molar-refractivity contribution is -0.116. The molecule has 0 fully saturated rings. The zero-order chi connectivity index (χ0) is 17.6. The lowest BCUT2D eigenvalue weighted by Gasteiger charge is -2.09. The topological polar surface area (TPSA) is 84.5 Å². The average molecular weight is 349 g/mol. The number of carbonyl (C=O) groups is 1. The zero-order valence-corrected chi connectivity index (χ0v) is 14.3. The van der Waals surface area contributed by atoms with E-state index in [1.165, 1.54) is 11.8 Å². The molecule has 124 valence electrons. The predicted octanol–water partition coefficient (Wildman–Crippen LogP) is 2.94. The van der Waals surface area contributed by atoms with Crippen LogP contribution in [0.3, 0.4) is 0 Å². The van der Waals surface area contributed by atoms with E-state index in [1.54, 1.807) is 16.8 Å². The SMILES string of the molecule is Cc1ccccc1-n1nnnc1SCC(=O)[C@H](C#N)c1ccccc1. The molecule has 0 radical (unpaired) electrons. The number of ketones is 1. The van der Waals surface area contributed by atoms with E-state index in [-0.39, 0.29) is 11.5 Å². The zero-order valence-electron chi connectivity index (χ0n) is 13.5. The minimum atomic E-state index is -0.781. The molecule has 0 aliphatic heterocycles. The summed E-state index contributed by atoms with van der Waals surface area (Å²) in [5.41, 5.74) is 2.60. The maximum atomic E-state index is 12.5. The van der Waals surface area contributed by atoms with E-state index in [2.05, 4.69) is 21.6 Å². The number of para-hydroxylation sites is 1. The quantitative estimate of drug-likeness (QED) is 0.636. The predicted molar refractivity (Wildman–Crippen MR) is 94.4 cm³/mol. The van der Waals surface area contributed by atoms with Gasteiger partial charge >= 0.3 is 0 Å². The van der Waals surface area contributed by atoms with Crippen LogP contribution in [0.5, 0.6) is 0 Å². The molecule has 0 N–H and O–H groups in total. The van der Waals surface area contributed by atoms with Crippen LogP contribution in [0, 0.1) is 18.3 Å². The Bertz CT molecular complexity index is 916. The van der Waals surface area contributed by atoms with Crippen molar-refractivity contribution in [1.29, 1.82) is 5.26 Å². The Morgan fingerprint density at radius 2 is 1.92 bits per heavy atom. The Morgan fingerprint density at radius 1 is 1.20 bits per heavy atom. The largest absolute Gasteiger partial charge is 0.297 e. The van der Waals surface area contributed by atoms with Gasteiger partial charge in [0.25, 0.3) is 0 Å². The van der Waals surface area contributed by atoms with Crippen molar-refractivity contribution in [3.8, 4) is 11.8 Å². The van der Waals surface area contributed by atoms with Crippen molar-refractivity contribution >= 4 is 17.5 Å². The molecule has 0 saturated carbocycles. The molecule has 1 atom stereocenters. The van der Waals surface area contributed by atoms with Crippen molar-refractivity contribution in [2.24, 2.45) is 0 Å². The first-order chi connectivity index (χ1) is 12.2. The van der Waals surface area contributed by atoms with Crippen molar-refractivity contribution in [3.63, 3.8) is 0 Å². The number of nitriles is 1. The maximum Gasteiger partial charge on any atom is 0.214 e. The summed E-state index contributed by atoms with van der Waals surface area (Å²) >= 11 is 1.23. The van der Waals surface area contributed by atoms with Gasteiger partial charge in [-0.3, -0.25) is 4.79 Å². The number of carbonyl (C=O) groups excluding carboxylic acids is 1. The van der Waals surface area contributed by atoms with Crippen LogP contribution in [0.2, 0.25) is 0 Å². The third-order valence-corrected chi connectivity index (χ3v) is 4.65. The van der Waals surface area contributed by atoms with E-state index in [0.717, 1.165) is 11.3 Å². The number of thioether (sulfide) groups is 1. The molecule has 0 amide bonds. The van der Waals surface area contributed by atoms with Crippen LogP contribution in [-0.2, 0) is 4.79 Å². The molecule has 1 aromatic heterocycles. The highest BCUT2D eigenvalue weighted by Crippen LogP contribution is 2.23. The van der Waals surface area contributed by atoms with Crippen LogP contribution in [0.15, 0.2) is 59.8 Å². The normalized spacial score (nSPS) is 11.7. The van der Waals surface area contributed by atoms with Crippen molar-refractivity contribution in [2.45, 2.75) is 18.0 Å². The Hall–Kier alpha value is -2.98. The highest BCUT2D eigenvalue weighted by atomic mass is 32.2. The van der Waals surface area contributed by atoms with Gasteiger partial charge in [0.2, 0.25) is 5.16 Å². The van der Waals surface area contributed by atoms with E-state index in [0.29, 0.717) is 10.7 Å². The maximum absolute atomic E-state index is 12.5. The van der Waals surface area contributed by atoms with Gasteiger partial charge in [0, 0.05) is 0 Å². The second-order valence-corrected chi connectivity index (χ2v) is 6.33. The molecule has 7 heteroatoms. The first-order valence-corrected chi connectivity index (χ1v) is 8.63. The second kappa shape index (κ2) is 7.73. The van der Waals surface area contributed by atoms with Crippen molar-refractivity contribution in [3.05, 3.63) is 65.7 Å². The number of Topliss-reactive ketones (excluding diaryl/α,β-unsaturated/α-hetero) is 1. The molecule has 0 aliphatic carbocycles. The first kappa shape index (κ1) is 16.9. The Balaban J connectivity index is 1.75. The molecule has 0 spiro atoms. The van der Waals surface area contributed by atoms with E-state index >= 15 is 0 Å². The third kappa shape index (κ3) is 3.75. The number of tetrazole rings is 1. The van der Waals surface area contributed by atoms with Crippen LogP contribution in [0.4, 0.5) is 0 Å². The van der Waals surface area contributed by atoms with Gasteiger partial charge in [-0.25, -0.2) is 0 Å². The third-order valence-electron chi connectivity index (χ3n) is 3.71. The minimum absolute atomic E-state index is 0.124. The first-order valence-electron chi connectivity index (χ1n) is 7.65. The second-order valence-electron chi connectivity index (χ2n) is 5.39. The van der Waals surface area contributed by atoms with Gasteiger partial charge in [-0.1, -0.05) is 60.3 Å². The molecule has 2 aromatic carbocycles. The molecule has 6 nitrogen and oxygen atoms in total. The Morgan fingerprint density at radius 3 is 2.64 bits per heavy atom. The van der Waals surface area contributed by atoms with Gasteiger partial charge in [0.1, 0.15) is 5.92 Å². The van der Waals surface area contributed by atoms with Crippen LogP contribution in [-0.4, -0.2) is 31.7 Å². The molecule has 0 saturated heterocycles. The molecular weight excluding hydrogens is 334 g/mol.